The van der Waals surface area contributed by atoms with Crippen molar-refractivity contribution < 1.29 is 14.8 Å². The van der Waals surface area contributed by atoms with Crippen molar-refractivity contribution in [3.8, 4) is 5.75 Å². The van der Waals surface area contributed by atoms with Crippen LogP contribution in [0.1, 0.15) is 27.7 Å². The fourth-order valence-electron chi connectivity index (χ4n) is 2.81. The van der Waals surface area contributed by atoms with Gasteiger partial charge in [0.15, 0.2) is 6.04 Å². The van der Waals surface area contributed by atoms with E-state index in [1.807, 2.05) is 39.8 Å². The monoisotopic (exact) mass is 306 g/mol. The zero-order valence-electron chi connectivity index (χ0n) is 14.0. The third-order valence-corrected chi connectivity index (χ3v) is 4.12. The van der Waals surface area contributed by atoms with Crippen LogP contribution in [0.25, 0.3) is 0 Å². The van der Waals surface area contributed by atoms with Gasteiger partial charge in [-0.15, -0.1) is 0 Å². The molecule has 2 rings (SSSR count). The van der Waals surface area contributed by atoms with Crippen molar-refractivity contribution in [2.45, 2.75) is 39.3 Å². The lowest BCUT2D eigenvalue weighted by Gasteiger charge is -2.36. The predicted molar refractivity (Wildman–Crippen MR) is 88.4 cm³/mol. The van der Waals surface area contributed by atoms with Crippen LogP contribution in [-0.4, -0.2) is 48.8 Å². The van der Waals surface area contributed by atoms with E-state index in [0.717, 1.165) is 31.9 Å². The second-order valence-corrected chi connectivity index (χ2v) is 7.12. The third-order valence-electron chi connectivity index (χ3n) is 4.12. The quantitative estimate of drug-likeness (QED) is 0.758. The maximum absolute atomic E-state index is 12.3. The molecule has 0 radical (unpaired) electrons. The number of nitrogens with one attached hydrogen (secondary N) is 2. The Morgan fingerprint density at radius 3 is 2.27 bits per heavy atom. The van der Waals surface area contributed by atoms with Gasteiger partial charge in [-0.3, -0.25) is 4.79 Å². The van der Waals surface area contributed by atoms with Gasteiger partial charge in [0.05, 0.1) is 26.2 Å². The van der Waals surface area contributed by atoms with E-state index < -0.39 is 0 Å². The second-order valence-electron chi connectivity index (χ2n) is 7.12. The van der Waals surface area contributed by atoms with Gasteiger partial charge in [0.1, 0.15) is 5.75 Å². The molecule has 1 fully saturated rings. The summed E-state index contributed by atoms with van der Waals surface area (Å²) in [6, 6.07) is 7.29. The van der Waals surface area contributed by atoms with Gasteiger partial charge in [0.2, 0.25) is 0 Å². The van der Waals surface area contributed by atoms with Crippen molar-refractivity contribution in [2.24, 2.45) is 0 Å². The summed E-state index contributed by atoms with van der Waals surface area (Å²) in [4.78, 5) is 15.9. The van der Waals surface area contributed by atoms with Crippen LogP contribution in [0.4, 0.5) is 5.69 Å². The largest absolute Gasteiger partial charge is 0.508 e. The van der Waals surface area contributed by atoms with E-state index in [-0.39, 0.29) is 17.5 Å². The standard InChI is InChI=1S/C17H27N3O2/c1-13(16(22)18-17(2,3)4)19-9-11-20(12-10-19)14-5-7-15(21)8-6-14/h5-8,13,21H,9-12H2,1-4H3,(H,18,22)/p+1/t13-/m0/s1. The van der Waals surface area contributed by atoms with Gasteiger partial charge in [-0.2, -0.15) is 0 Å². The molecule has 0 spiro atoms. The fourth-order valence-corrected chi connectivity index (χ4v) is 2.81. The molecular weight excluding hydrogens is 278 g/mol. The van der Waals surface area contributed by atoms with Gasteiger partial charge >= 0.3 is 0 Å². The zero-order chi connectivity index (χ0) is 16.3. The molecule has 5 heteroatoms. The molecule has 1 saturated heterocycles. The van der Waals surface area contributed by atoms with Crippen molar-refractivity contribution >= 4 is 11.6 Å². The van der Waals surface area contributed by atoms with Crippen molar-refractivity contribution in [1.82, 2.24) is 5.32 Å². The highest BCUT2D eigenvalue weighted by Crippen LogP contribution is 2.18. The van der Waals surface area contributed by atoms with E-state index in [4.69, 9.17) is 0 Å². The summed E-state index contributed by atoms with van der Waals surface area (Å²) < 4.78 is 0. The maximum atomic E-state index is 12.3. The molecule has 5 nitrogen and oxygen atoms in total. The highest BCUT2D eigenvalue weighted by atomic mass is 16.3. The van der Waals surface area contributed by atoms with Crippen molar-refractivity contribution in [2.75, 3.05) is 31.1 Å². The van der Waals surface area contributed by atoms with E-state index in [9.17, 15) is 9.90 Å². The number of aromatic hydroxyl groups is 1. The topological polar surface area (TPSA) is 57.0 Å². The lowest BCUT2D eigenvalue weighted by atomic mass is 10.1. The molecule has 0 saturated carbocycles. The van der Waals surface area contributed by atoms with Gasteiger partial charge in [0.25, 0.3) is 5.91 Å². The summed E-state index contributed by atoms with van der Waals surface area (Å²) >= 11 is 0. The van der Waals surface area contributed by atoms with Crippen molar-refractivity contribution in [3.05, 3.63) is 24.3 Å². The molecule has 0 bridgehead atoms. The average Bonchev–Trinajstić information content (AvgIpc) is 2.46. The first-order valence-electron chi connectivity index (χ1n) is 7.97. The number of phenols is 1. The Hall–Kier alpha value is -1.75. The van der Waals surface area contributed by atoms with E-state index >= 15 is 0 Å². The molecule has 1 aromatic carbocycles. The molecule has 1 heterocycles. The molecule has 1 aliphatic heterocycles. The predicted octanol–water partition coefficient (Wildman–Crippen LogP) is 0.400. The number of amides is 1. The van der Waals surface area contributed by atoms with Gasteiger partial charge < -0.3 is 20.2 Å². The molecular formula is C17H28N3O2+. The highest BCUT2D eigenvalue weighted by Gasteiger charge is 2.30. The Labute approximate surface area is 132 Å². The van der Waals surface area contributed by atoms with Gasteiger partial charge in [-0.05, 0) is 52.0 Å². The fraction of sp³-hybridized carbons (Fsp3) is 0.588. The number of carbonyl (C=O) groups excluding carboxylic acids is 1. The molecule has 3 N–H and O–H groups in total. The molecule has 0 unspecified atom stereocenters. The Balaban J connectivity index is 1.88. The van der Waals surface area contributed by atoms with Gasteiger partial charge in [0, 0.05) is 11.2 Å². The minimum absolute atomic E-state index is 0.0267. The van der Waals surface area contributed by atoms with Crippen LogP contribution in [0.2, 0.25) is 0 Å². The number of hydrogen-bond donors (Lipinski definition) is 3. The third kappa shape index (κ3) is 4.37. The number of anilines is 1. The zero-order valence-corrected chi connectivity index (χ0v) is 14.0. The van der Waals surface area contributed by atoms with Crippen LogP contribution in [0.3, 0.4) is 0 Å². The summed E-state index contributed by atoms with van der Waals surface area (Å²) in [5, 5.41) is 12.4. The molecule has 1 aliphatic rings. The Kier molecular flexibility index (Phi) is 4.96. The molecule has 1 atom stereocenters. The van der Waals surface area contributed by atoms with Crippen LogP contribution in [-0.2, 0) is 4.79 Å². The SMILES string of the molecule is C[C@@H](C(=O)NC(C)(C)C)[NH+]1CCN(c2ccc(O)cc2)CC1. The number of piperazine rings is 1. The molecule has 122 valence electrons. The van der Waals surface area contributed by atoms with Crippen molar-refractivity contribution in [1.29, 1.82) is 0 Å². The van der Waals surface area contributed by atoms with E-state index in [2.05, 4.69) is 10.2 Å². The summed E-state index contributed by atoms with van der Waals surface area (Å²) in [7, 11) is 0. The van der Waals surface area contributed by atoms with E-state index in [1.54, 1.807) is 12.1 Å². The first-order valence-corrected chi connectivity index (χ1v) is 7.97. The van der Waals surface area contributed by atoms with E-state index in [0.29, 0.717) is 5.75 Å². The number of nitrogens with zero attached hydrogens (tertiary/aromatic N) is 1. The number of quaternary nitrogens is 1. The van der Waals surface area contributed by atoms with Crippen LogP contribution < -0.4 is 15.1 Å². The normalized spacial score (nSPS) is 18.1. The van der Waals surface area contributed by atoms with Gasteiger partial charge in [-0.25, -0.2) is 0 Å². The Morgan fingerprint density at radius 2 is 1.77 bits per heavy atom. The van der Waals surface area contributed by atoms with Crippen LogP contribution in [0.15, 0.2) is 24.3 Å². The van der Waals surface area contributed by atoms with Crippen LogP contribution in [0.5, 0.6) is 5.75 Å². The minimum atomic E-state index is -0.182. The minimum Gasteiger partial charge on any atom is -0.508 e. The number of rotatable bonds is 3. The molecule has 0 aromatic heterocycles. The second kappa shape index (κ2) is 6.57. The number of phenolic OH excluding ortho intramolecular Hbond substituents is 1. The van der Waals surface area contributed by atoms with Gasteiger partial charge in [-0.1, -0.05) is 0 Å². The molecule has 1 aromatic rings. The van der Waals surface area contributed by atoms with Crippen molar-refractivity contribution in [3.63, 3.8) is 0 Å². The smallest absolute Gasteiger partial charge is 0.278 e. The lowest BCUT2D eigenvalue weighted by Crippen LogP contribution is -3.19. The first kappa shape index (κ1) is 16.6. The maximum Gasteiger partial charge on any atom is 0.278 e. The summed E-state index contributed by atoms with van der Waals surface area (Å²) in [6.45, 7) is 11.8. The lowest BCUT2D eigenvalue weighted by molar-refractivity contribution is -0.914. The summed E-state index contributed by atoms with van der Waals surface area (Å²) in [6.07, 6.45) is 0. The molecule has 1 amide bonds. The van der Waals surface area contributed by atoms with E-state index in [1.165, 1.54) is 4.90 Å². The summed E-state index contributed by atoms with van der Waals surface area (Å²) in [5.74, 6) is 0.418. The van der Waals surface area contributed by atoms with Crippen LogP contribution in [0, 0.1) is 0 Å². The number of hydrogen-bond acceptors (Lipinski definition) is 3. The molecule has 0 aliphatic carbocycles. The van der Waals surface area contributed by atoms with Crippen LogP contribution >= 0.6 is 0 Å². The molecule has 22 heavy (non-hydrogen) atoms. The average molecular weight is 306 g/mol. The Bertz CT molecular complexity index is 500. The first-order chi connectivity index (χ1) is 10.3. The number of benzene rings is 1. The number of carbonyl (C=O) groups is 1. The highest BCUT2D eigenvalue weighted by molar-refractivity contribution is 5.80. The Morgan fingerprint density at radius 1 is 1.23 bits per heavy atom. The summed E-state index contributed by atoms with van der Waals surface area (Å²) in [5.41, 5.74) is 0.946.